The molecule has 32 heavy (non-hydrogen) atoms. The molecule has 4 rings (SSSR count). The summed E-state index contributed by atoms with van der Waals surface area (Å²) in [5.74, 6) is 0. The summed E-state index contributed by atoms with van der Waals surface area (Å²) in [5.41, 5.74) is 14.6. The van der Waals surface area contributed by atoms with E-state index < -0.39 is 10.2 Å². The molecule has 13 nitrogen and oxygen atoms in total. The van der Waals surface area contributed by atoms with Crippen LogP contribution < -0.4 is 11.5 Å². The molecule has 0 aliphatic heterocycles. The number of nitrogens with two attached hydrogens (primary N) is 2. The van der Waals surface area contributed by atoms with Gasteiger partial charge in [0.25, 0.3) is 0 Å². The first-order valence-electron chi connectivity index (χ1n) is 8.04. The summed E-state index contributed by atoms with van der Waals surface area (Å²) in [4.78, 5) is 24.8. The SMILES string of the molecule is Nc1cccc2cccnc12.Nc1cccc2cccnc12.O.O=[N+]([O-])[O-].O=[N+]([O-])[O-].[Cu+2]. The van der Waals surface area contributed by atoms with E-state index in [-0.39, 0.29) is 22.5 Å². The van der Waals surface area contributed by atoms with Crippen LogP contribution in [0.25, 0.3) is 21.8 Å². The Hall–Kier alpha value is -4.26. The second-order valence-electron chi connectivity index (χ2n) is 5.29. The number of aromatic nitrogens is 2. The van der Waals surface area contributed by atoms with E-state index in [1.807, 2.05) is 60.7 Å². The third-order valence-corrected chi connectivity index (χ3v) is 3.33. The zero-order valence-corrected chi connectivity index (χ0v) is 17.1. The second-order valence-corrected chi connectivity index (χ2v) is 5.29. The van der Waals surface area contributed by atoms with E-state index in [4.69, 9.17) is 42.1 Å². The molecule has 0 bridgehead atoms. The molecule has 4 aromatic rings. The Kier molecular flexibility index (Phi) is 14.6. The molecular weight excluding hydrogens is 476 g/mol. The van der Waals surface area contributed by atoms with Gasteiger partial charge in [0.15, 0.2) is 0 Å². The summed E-state index contributed by atoms with van der Waals surface area (Å²) < 4.78 is 0. The fraction of sp³-hybridized carbons (Fsp3) is 0. The Bertz CT molecular complexity index is 1030. The standard InChI is InChI=1S/2C9H8N2.Cu.2NO3.H2O/c2*10-8-5-1-3-7-4-2-6-11-9(7)8;;2*2-1(3)4;/h2*1-6H,10H2;;;;1H2/q;;+2;2*-1;. The summed E-state index contributed by atoms with van der Waals surface area (Å²) in [6, 6.07) is 19.4. The number of rotatable bonds is 0. The molecule has 0 aliphatic rings. The maximum absolute atomic E-state index is 8.25. The van der Waals surface area contributed by atoms with E-state index in [1.54, 1.807) is 12.4 Å². The van der Waals surface area contributed by atoms with Crippen LogP contribution >= 0.6 is 0 Å². The number of nitrogens with zero attached hydrogens (tertiary/aromatic N) is 4. The van der Waals surface area contributed by atoms with E-state index in [0.29, 0.717) is 0 Å². The Balaban J connectivity index is 0. The van der Waals surface area contributed by atoms with Gasteiger partial charge in [-0.25, -0.2) is 0 Å². The summed E-state index contributed by atoms with van der Waals surface area (Å²) in [5, 5.41) is 31.7. The van der Waals surface area contributed by atoms with Crippen LogP contribution in [0.15, 0.2) is 73.1 Å². The van der Waals surface area contributed by atoms with Crippen molar-refractivity contribution in [2.75, 3.05) is 11.5 Å². The van der Waals surface area contributed by atoms with Crippen molar-refractivity contribution in [1.82, 2.24) is 9.97 Å². The van der Waals surface area contributed by atoms with Crippen molar-refractivity contribution in [2.24, 2.45) is 0 Å². The molecule has 2 aromatic heterocycles. The average molecular weight is 494 g/mol. The number of hydrogen-bond acceptors (Lipinski definition) is 10. The maximum atomic E-state index is 8.25. The number of fused-ring (bicyclic) bond motifs is 2. The molecule has 0 saturated heterocycles. The van der Waals surface area contributed by atoms with Gasteiger partial charge in [-0.15, -0.1) is 0 Å². The molecule has 0 amide bonds. The van der Waals surface area contributed by atoms with E-state index in [2.05, 4.69) is 9.97 Å². The Morgan fingerprint density at radius 1 is 0.625 bits per heavy atom. The van der Waals surface area contributed by atoms with Gasteiger partial charge in [-0.1, -0.05) is 36.4 Å². The molecule has 2 aromatic carbocycles. The quantitative estimate of drug-likeness (QED) is 0.156. The molecule has 6 N–H and O–H groups in total. The van der Waals surface area contributed by atoms with Crippen molar-refractivity contribution in [1.29, 1.82) is 0 Å². The molecule has 0 saturated carbocycles. The Morgan fingerprint density at radius 3 is 1.19 bits per heavy atom. The monoisotopic (exact) mass is 493 g/mol. The molecule has 0 spiro atoms. The summed E-state index contributed by atoms with van der Waals surface area (Å²) >= 11 is 0. The van der Waals surface area contributed by atoms with Crippen LogP contribution in [-0.4, -0.2) is 25.6 Å². The molecular formula is C18H18CuN6O7. The van der Waals surface area contributed by atoms with Crippen LogP contribution in [0, 0.1) is 30.6 Å². The van der Waals surface area contributed by atoms with Crippen molar-refractivity contribution in [2.45, 2.75) is 0 Å². The largest absolute Gasteiger partial charge is 2.00 e. The predicted octanol–water partition coefficient (Wildman–Crippen LogP) is 2.33. The molecule has 0 unspecified atom stereocenters. The third-order valence-electron chi connectivity index (χ3n) is 3.33. The van der Waals surface area contributed by atoms with Gasteiger partial charge < -0.3 is 47.6 Å². The minimum absolute atomic E-state index is 0. The van der Waals surface area contributed by atoms with Crippen molar-refractivity contribution in [3.05, 3.63) is 104 Å². The average Bonchev–Trinajstić information content (AvgIpc) is 2.69. The number of nitrogen functional groups attached to an aromatic ring is 2. The summed E-state index contributed by atoms with van der Waals surface area (Å²) in [7, 11) is 0. The topological polar surface area (TPSA) is 242 Å². The van der Waals surface area contributed by atoms with Crippen molar-refractivity contribution >= 4 is 33.2 Å². The first-order chi connectivity index (χ1) is 14.2. The van der Waals surface area contributed by atoms with Crippen LogP contribution in [0.3, 0.4) is 0 Å². The number of benzene rings is 2. The fourth-order valence-electron chi connectivity index (χ4n) is 2.26. The number of hydrogen-bond donors (Lipinski definition) is 2. The van der Waals surface area contributed by atoms with Gasteiger partial charge >= 0.3 is 17.1 Å². The first kappa shape index (κ1) is 29.9. The molecule has 1 radical (unpaired) electrons. The van der Waals surface area contributed by atoms with Crippen molar-refractivity contribution < 1.29 is 32.7 Å². The van der Waals surface area contributed by atoms with E-state index in [1.165, 1.54) is 0 Å². The van der Waals surface area contributed by atoms with Crippen LogP contribution in [0.2, 0.25) is 0 Å². The van der Waals surface area contributed by atoms with Crippen LogP contribution in [0.4, 0.5) is 11.4 Å². The van der Waals surface area contributed by atoms with Gasteiger partial charge in [-0.3, -0.25) is 9.97 Å². The van der Waals surface area contributed by atoms with Gasteiger partial charge in [-0.2, -0.15) is 0 Å². The van der Waals surface area contributed by atoms with Gasteiger partial charge in [0, 0.05) is 23.2 Å². The number of para-hydroxylation sites is 2. The van der Waals surface area contributed by atoms with Gasteiger partial charge in [-0.05, 0) is 24.3 Å². The van der Waals surface area contributed by atoms with Gasteiger partial charge in [0.2, 0.25) is 0 Å². The van der Waals surface area contributed by atoms with Gasteiger partial charge in [0.1, 0.15) is 0 Å². The zero-order valence-electron chi connectivity index (χ0n) is 16.1. The second kappa shape index (κ2) is 15.6. The third kappa shape index (κ3) is 11.1. The number of anilines is 2. The minimum Gasteiger partial charge on any atom is -0.412 e. The maximum Gasteiger partial charge on any atom is 2.00 e. The van der Waals surface area contributed by atoms with Crippen LogP contribution in [0.1, 0.15) is 0 Å². The van der Waals surface area contributed by atoms with E-state index >= 15 is 0 Å². The minimum atomic E-state index is -1.75. The normalized spacial score (nSPS) is 8.50. The van der Waals surface area contributed by atoms with E-state index in [0.717, 1.165) is 33.2 Å². The van der Waals surface area contributed by atoms with Crippen LogP contribution in [0.5, 0.6) is 0 Å². The first-order valence-corrected chi connectivity index (χ1v) is 8.04. The van der Waals surface area contributed by atoms with Crippen molar-refractivity contribution in [3.63, 3.8) is 0 Å². The van der Waals surface area contributed by atoms with Crippen molar-refractivity contribution in [3.8, 4) is 0 Å². The number of pyridine rings is 2. The summed E-state index contributed by atoms with van der Waals surface area (Å²) in [6.07, 6.45) is 3.50. The van der Waals surface area contributed by atoms with Crippen LogP contribution in [-0.2, 0) is 17.1 Å². The predicted molar refractivity (Wildman–Crippen MR) is 117 cm³/mol. The molecule has 0 aliphatic carbocycles. The Labute approximate surface area is 191 Å². The Morgan fingerprint density at radius 2 is 0.906 bits per heavy atom. The molecule has 173 valence electrons. The summed E-state index contributed by atoms with van der Waals surface area (Å²) in [6.45, 7) is 0. The molecule has 0 fully saturated rings. The smallest absolute Gasteiger partial charge is 0.412 e. The molecule has 0 atom stereocenters. The van der Waals surface area contributed by atoms with E-state index in [9.17, 15) is 0 Å². The fourth-order valence-corrected chi connectivity index (χ4v) is 2.26. The molecule has 14 heteroatoms. The zero-order chi connectivity index (χ0) is 22.5. The van der Waals surface area contributed by atoms with Gasteiger partial charge in [0.05, 0.1) is 32.6 Å². The molecule has 2 heterocycles.